The number of aromatic nitrogens is 1. The lowest BCUT2D eigenvalue weighted by Gasteiger charge is -2.19. The first-order valence-corrected chi connectivity index (χ1v) is 11.0. The number of pyridine rings is 1. The molecule has 5 rings (SSSR count). The Morgan fingerprint density at radius 2 is 1.63 bits per heavy atom. The maximum Gasteiger partial charge on any atom is 0.0719 e. The fourth-order valence-corrected chi connectivity index (χ4v) is 5.17. The van der Waals surface area contributed by atoms with Gasteiger partial charge in [-0.2, -0.15) is 0 Å². The molecule has 5 aromatic rings. The van der Waals surface area contributed by atoms with Crippen LogP contribution in [-0.2, 0) is 5.41 Å². The second kappa shape index (κ2) is 7.07. The Labute approximate surface area is 186 Å². The van der Waals surface area contributed by atoms with E-state index >= 15 is 0 Å². The van der Waals surface area contributed by atoms with Gasteiger partial charge in [0.05, 0.1) is 5.69 Å². The molecule has 0 fully saturated rings. The summed E-state index contributed by atoms with van der Waals surface area (Å²) in [5.41, 5.74) is 5.54. The third-order valence-corrected chi connectivity index (χ3v) is 6.90. The zero-order chi connectivity index (χ0) is 23.4. The molecule has 3 aromatic carbocycles. The van der Waals surface area contributed by atoms with E-state index in [0.717, 1.165) is 42.6 Å². The molecule has 2 heteroatoms. The molecule has 30 heavy (non-hydrogen) atoms. The van der Waals surface area contributed by atoms with Crippen LogP contribution < -0.4 is 0 Å². The van der Waals surface area contributed by atoms with Crippen LogP contribution in [-0.4, -0.2) is 4.98 Å². The second-order valence-corrected chi connectivity index (χ2v) is 9.75. The van der Waals surface area contributed by atoms with E-state index in [1.165, 1.54) is 5.56 Å². The van der Waals surface area contributed by atoms with E-state index in [2.05, 4.69) is 56.1 Å². The number of hydrogen-bond donors (Lipinski definition) is 0. The van der Waals surface area contributed by atoms with Crippen molar-refractivity contribution in [2.45, 2.75) is 33.0 Å². The van der Waals surface area contributed by atoms with Crippen LogP contribution >= 0.6 is 11.3 Å². The highest BCUT2D eigenvalue weighted by Crippen LogP contribution is 2.42. The minimum absolute atomic E-state index is 0.0186. The Morgan fingerprint density at radius 1 is 0.800 bits per heavy atom. The summed E-state index contributed by atoms with van der Waals surface area (Å²) in [6.45, 7) is 4.38. The highest BCUT2D eigenvalue weighted by molar-refractivity contribution is 7.26. The number of benzene rings is 3. The van der Waals surface area contributed by atoms with Crippen LogP contribution in [0.3, 0.4) is 0 Å². The fourth-order valence-electron chi connectivity index (χ4n) is 3.94. The summed E-state index contributed by atoms with van der Waals surface area (Å²) < 4.78 is 26.6. The van der Waals surface area contributed by atoms with Crippen LogP contribution in [0.15, 0.2) is 79.0 Å². The normalized spacial score (nSPS) is 13.9. The summed E-state index contributed by atoms with van der Waals surface area (Å²) in [5.74, 6) is 0. The van der Waals surface area contributed by atoms with Crippen LogP contribution in [0.2, 0.25) is 0 Å². The Bertz CT molecular complexity index is 1470. The molecule has 1 nitrogen and oxygen atoms in total. The molecule has 0 bridgehead atoms. The smallest absolute Gasteiger partial charge is 0.0719 e. The largest absolute Gasteiger partial charge is 0.256 e. The quantitative estimate of drug-likeness (QED) is 0.285. The van der Waals surface area contributed by atoms with Crippen molar-refractivity contribution in [3.05, 3.63) is 90.1 Å². The van der Waals surface area contributed by atoms with Gasteiger partial charge in [0.2, 0.25) is 0 Å². The summed E-state index contributed by atoms with van der Waals surface area (Å²) >= 11 is 1.55. The number of hydrogen-bond acceptors (Lipinski definition) is 2. The lowest BCUT2D eigenvalue weighted by atomic mass is 9.87. The number of nitrogens with zero attached hydrogens (tertiary/aromatic N) is 1. The molecule has 0 aliphatic heterocycles. The first-order valence-electron chi connectivity index (χ1n) is 11.6. The first kappa shape index (κ1) is 15.8. The summed E-state index contributed by atoms with van der Waals surface area (Å²) in [7, 11) is 0. The average Bonchev–Trinajstić information content (AvgIpc) is 3.16. The van der Waals surface area contributed by atoms with Crippen molar-refractivity contribution >= 4 is 31.5 Å². The summed E-state index contributed by atoms with van der Waals surface area (Å²) in [5, 5.41) is 2.05. The van der Waals surface area contributed by atoms with Gasteiger partial charge in [-0.3, -0.25) is 4.98 Å². The van der Waals surface area contributed by atoms with Gasteiger partial charge in [0, 0.05) is 36.0 Å². The standard InChI is InChI=1S/C28H25NS/c1-18-15-20(19-9-6-5-7-10-19)16-24-22-11-8-12-23(27(22)30-26(18)24)25-17-21(13-14-29-25)28(2,3)4/h5-17H,1-4H3/i1D3. The molecule has 0 unspecified atom stereocenters. The summed E-state index contributed by atoms with van der Waals surface area (Å²) in [6.07, 6.45) is 1.86. The van der Waals surface area contributed by atoms with E-state index in [0.29, 0.717) is 5.56 Å². The van der Waals surface area contributed by atoms with E-state index < -0.39 is 6.85 Å². The van der Waals surface area contributed by atoms with Crippen LogP contribution in [0.5, 0.6) is 0 Å². The van der Waals surface area contributed by atoms with Crippen molar-refractivity contribution in [2.24, 2.45) is 0 Å². The number of fused-ring (bicyclic) bond motifs is 3. The predicted molar refractivity (Wildman–Crippen MR) is 131 cm³/mol. The molecule has 0 atom stereocenters. The van der Waals surface area contributed by atoms with E-state index in [4.69, 9.17) is 4.11 Å². The molecule has 148 valence electrons. The molecule has 0 amide bonds. The van der Waals surface area contributed by atoms with Gasteiger partial charge in [-0.25, -0.2) is 0 Å². The lowest BCUT2D eigenvalue weighted by molar-refractivity contribution is 0.589. The SMILES string of the molecule is [2H]C([2H])([2H])c1cc(-c2ccccc2)cc2c1sc1c(-c3cc(C(C)(C)C)ccn3)cccc12. The van der Waals surface area contributed by atoms with E-state index in [9.17, 15) is 0 Å². The van der Waals surface area contributed by atoms with E-state index in [-0.39, 0.29) is 5.41 Å². The third kappa shape index (κ3) is 3.22. The number of aryl methyl sites for hydroxylation is 1. The highest BCUT2D eigenvalue weighted by atomic mass is 32.1. The second-order valence-electron chi connectivity index (χ2n) is 8.73. The van der Waals surface area contributed by atoms with Crippen molar-refractivity contribution in [1.82, 2.24) is 4.98 Å². The zero-order valence-electron chi connectivity index (χ0n) is 20.4. The molecule has 2 heterocycles. The van der Waals surface area contributed by atoms with Gasteiger partial charge in [-0.1, -0.05) is 69.3 Å². The molecular weight excluding hydrogens is 382 g/mol. The third-order valence-electron chi connectivity index (χ3n) is 5.61. The maximum absolute atomic E-state index is 8.23. The van der Waals surface area contributed by atoms with E-state index in [1.807, 2.05) is 48.7 Å². The van der Waals surface area contributed by atoms with E-state index in [1.54, 1.807) is 11.3 Å². The van der Waals surface area contributed by atoms with Gasteiger partial charge in [-0.05, 0) is 58.8 Å². The minimum atomic E-state index is -2.20. The van der Waals surface area contributed by atoms with Gasteiger partial charge in [0.15, 0.2) is 0 Å². The summed E-state index contributed by atoms with van der Waals surface area (Å²) in [6, 6.07) is 24.4. The Hall–Kier alpha value is -2.97. The van der Waals surface area contributed by atoms with Crippen LogP contribution in [0, 0.1) is 6.85 Å². The molecule has 0 spiro atoms. The number of thiophene rings is 1. The van der Waals surface area contributed by atoms with Gasteiger partial charge in [0.25, 0.3) is 0 Å². The van der Waals surface area contributed by atoms with Crippen molar-refractivity contribution in [2.75, 3.05) is 0 Å². The molecule has 0 N–H and O–H groups in total. The van der Waals surface area contributed by atoms with Gasteiger partial charge in [-0.15, -0.1) is 11.3 Å². The maximum atomic E-state index is 8.23. The Morgan fingerprint density at radius 3 is 2.40 bits per heavy atom. The van der Waals surface area contributed by atoms with Gasteiger partial charge >= 0.3 is 0 Å². The predicted octanol–water partition coefficient (Wildman–Crippen LogP) is 8.39. The average molecular weight is 411 g/mol. The molecule has 0 aliphatic carbocycles. The minimum Gasteiger partial charge on any atom is -0.256 e. The lowest BCUT2D eigenvalue weighted by Crippen LogP contribution is -2.11. The van der Waals surface area contributed by atoms with Crippen molar-refractivity contribution in [1.29, 1.82) is 0 Å². The van der Waals surface area contributed by atoms with Crippen molar-refractivity contribution in [3.8, 4) is 22.4 Å². The van der Waals surface area contributed by atoms with Gasteiger partial charge in [0.1, 0.15) is 0 Å². The number of rotatable bonds is 2. The Kier molecular flexibility index (Phi) is 3.73. The highest BCUT2D eigenvalue weighted by Gasteiger charge is 2.17. The Balaban J connectivity index is 1.82. The molecular formula is C28H25NS. The first-order chi connectivity index (χ1) is 15.6. The fraction of sp³-hybridized carbons (Fsp3) is 0.179. The van der Waals surface area contributed by atoms with Crippen molar-refractivity contribution in [3.63, 3.8) is 0 Å². The van der Waals surface area contributed by atoms with Crippen molar-refractivity contribution < 1.29 is 4.11 Å². The molecule has 0 radical (unpaired) electrons. The van der Waals surface area contributed by atoms with Crippen LogP contribution in [0.1, 0.15) is 36.0 Å². The topological polar surface area (TPSA) is 12.9 Å². The molecule has 0 saturated heterocycles. The van der Waals surface area contributed by atoms with Crippen LogP contribution in [0.25, 0.3) is 42.6 Å². The van der Waals surface area contributed by atoms with Gasteiger partial charge < -0.3 is 0 Å². The monoisotopic (exact) mass is 410 g/mol. The summed E-state index contributed by atoms with van der Waals surface area (Å²) in [4.78, 5) is 4.68. The molecule has 0 saturated carbocycles. The molecule has 0 aliphatic rings. The molecule has 2 aromatic heterocycles. The van der Waals surface area contributed by atoms with Crippen LogP contribution in [0.4, 0.5) is 0 Å². The zero-order valence-corrected chi connectivity index (χ0v) is 18.2.